The zero-order valence-corrected chi connectivity index (χ0v) is 17.1. The highest BCUT2D eigenvalue weighted by atomic mass is 16.7. The number of carbonyl (C=O) groups excluding carboxylic acids is 1. The van der Waals surface area contributed by atoms with Crippen LogP contribution in [0.4, 0.5) is 4.79 Å². The number of nitrogens with zero attached hydrogens (tertiary/aromatic N) is 3. The minimum absolute atomic E-state index is 0.252. The van der Waals surface area contributed by atoms with Gasteiger partial charge in [-0.15, -0.1) is 0 Å². The van der Waals surface area contributed by atoms with Crippen LogP contribution in [-0.4, -0.2) is 76.2 Å². The number of aliphatic hydroxyl groups excluding tert-OH is 2. The molecule has 0 amide bonds. The number of hydrogen-bond acceptors (Lipinski definition) is 10. The van der Waals surface area contributed by atoms with Crippen LogP contribution in [0.3, 0.4) is 0 Å². The number of ether oxygens (including phenoxy) is 3. The summed E-state index contributed by atoms with van der Waals surface area (Å²) in [6.07, 6.45) is 2.34. The van der Waals surface area contributed by atoms with Crippen molar-refractivity contribution < 1.29 is 29.2 Å². The normalized spacial score (nSPS) is 35.9. The Hall–Kier alpha value is -2.17. The Morgan fingerprint density at radius 3 is 2.86 bits per heavy atom. The van der Waals surface area contributed by atoms with Crippen LogP contribution in [0.15, 0.2) is 21.9 Å². The fraction of sp³-hybridized carbons (Fsp3) is 0.737. The molecule has 4 N–H and O–H groups in total. The average Bonchev–Trinajstić information content (AvgIpc) is 3.16. The van der Waals surface area contributed by atoms with Crippen molar-refractivity contribution in [2.24, 2.45) is 15.8 Å². The van der Waals surface area contributed by atoms with Gasteiger partial charge in [0.25, 0.3) is 0 Å². The van der Waals surface area contributed by atoms with Gasteiger partial charge in [-0.1, -0.05) is 25.8 Å². The van der Waals surface area contributed by atoms with E-state index in [9.17, 15) is 15.0 Å². The molecule has 10 heteroatoms. The number of fused-ring (bicyclic) bond motifs is 1. The van der Waals surface area contributed by atoms with Crippen molar-refractivity contribution in [2.75, 3.05) is 13.2 Å². The molecule has 1 saturated heterocycles. The summed E-state index contributed by atoms with van der Waals surface area (Å²) in [5.41, 5.74) is 4.48. The Morgan fingerprint density at radius 2 is 2.14 bits per heavy atom. The summed E-state index contributed by atoms with van der Waals surface area (Å²) < 4.78 is 16.2. The van der Waals surface area contributed by atoms with Crippen molar-refractivity contribution in [3.05, 3.63) is 11.8 Å². The predicted molar refractivity (Wildman–Crippen MR) is 105 cm³/mol. The number of unbranched alkanes of at least 4 members (excludes halogenated alkanes) is 2. The second-order valence-electron chi connectivity index (χ2n) is 8.09. The maximum Gasteiger partial charge on any atom is 0.508 e. The van der Waals surface area contributed by atoms with E-state index in [1.807, 2.05) is 13.0 Å². The fourth-order valence-electron chi connectivity index (χ4n) is 3.92. The molecule has 3 aliphatic heterocycles. The molecule has 0 aromatic rings. The molecule has 3 heterocycles. The maximum absolute atomic E-state index is 11.8. The minimum atomic E-state index is -1.29. The summed E-state index contributed by atoms with van der Waals surface area (Å²) in [4.78, 5) is 15.8. The van der Waals surface area contributed by atoms with Gasteiger partial charge in [0.2, 0.25) is 0 Å². The van der Waals surface area contributed by atoms with Crippen LogP contribution in [0, 0.1) is 0 Å². The molecule has 0 spiro atoms. The van der Waals surface area contributed by atoms with Crippen molar-refractivity contribution >= 4 is 18.3 Å². The highest BCUT2D eigenvalue weighted by Gasteiger charge is 2.60. The van der Waals surface area contributed by atoms with Crippen LogP contribution in [-0.2, 0) is 14.2 Å². The largest absolute Gasteiger partial charge is 0.508 e. The quantitative estimate of drug-likeness (QED) is 0.415. The minimum Gasteiger partial charge on any atom is -0.434 e. The molecule has 3 aliphatic rings. The van der Waals surface area contributed by atoms with Gasteiger partial charge in [-0.2, -0.15) is 5.10 Å². The predicted octanol–water partition coefficient (Wildman–Crippen LogP) is 0.871. The molecule has 0 saturated carbocycles. The maximum atomic E-state index is 11.8. The third-order valence-electron chi connectivity index (χ3n) is 5.76. The fourth-order valence-corrected chi connectivity index (χ4v) is 3.92. The summed E-state index contributed by atoms with van der Waals surface area (Å²) >= 11 is 0. The van der Waals surface area contributed by atoms with Crippen LogP contribution in [0.1, 0.15) is 46.5 Å². The van der Waals surface area contributed by atoms with E-state index in [1.54, 1.807) is 11.9 Å². The van der Waals surface area contributed by atoms with E-state index in [4.69, 9.17) is 19.9 Å². The Kier molecular flexibility index (Phi) is 6.16. The van der Waals surface area contributed by atoms with Crippen molar-refractivity contribution in [3.63, 3.8) is 0 Å². The van der Waals surface area contributed by atoms with Gasteiger partial charge in [0.1, 0.15) is 36.9 Å². The lowest BCUT2D eigenvalue weighted by molar-refractivity contribution is -0.133. The molecule has 0 aromatic heterocycles. The van der Waals surface area contributed by atoms with Crippen LogP contribution < -0.4 is 5.73 Å². The van der Waals surface area contributed by atoms with Crippen molar-refractivity contribution in [1.82, 2.24) is 5.01 Å². The molecule has 0 aliphatic carbocycles. The van der Waals surface area contributed by atoms with Gasteiger partial charge in [-0.3, -0.25) is 5.01 Å². The first kappa shape index (κ1) is 21.5. The first-order chi connectivity index (χ1) is 13.7. The third-order valence-corrected chi connectivity index (χ3v) is 5.76. The summed E-state index contributed by atoms with van der Waals surface area (Å²) in [6.45, 7) is 5.53. The van der Waals surface area contributed by atoms with E-state index in [-0.39, 0.29) is 13.2 Å². The highest BCUT2D eigenvalue weighted by molar-refractivity contribution is 6.02. The molecule has 29 heavy (non-hydrogen) atoms. The first-order valence-corrected chi connectivity index (χ1v) is 9.93. The zero-order valence-electron chi connectivity index (χ0n) is 17.1. The molecule has 10 nitrogen and oxygen atoms in total. The Bertz CT molecular complexity index is 725. The van der Waals surface area contributed by atoms with Gasteiger partial charge in [0, 0.05) is 0 Å². The number of rotatable bonds is 7. The third kappa shape index (κ3) is 3.96. The van der Waals surface area contributed by atoms with Gasteiger partial charge in [-0.05, 0) is 26.7 Å². The Morgan fingerprint density at radius 1 is 1.38 bits per heavy atom. The number of aliphatic hydroxyl groups is 2. The van der Waals surface area contributed by atoms with Crippen LogP contribution in [0.5, 0.6) is 0 Å². The Balaban J connectivity index is 1.63. The van der Waals surface area contributed by atoms with Gasteiger partial charge >= 0.3 is 6.16 Å². The van der Waals surface area contributed by atoms with E-state index in [0.717, 1.165) is 19.3 Å². The molecule has 1 unspecified atom stereocenters. The van der Waals surface area contributed by atoms with Gasteiger partial charge in [0.05, 0.1) is 17.8 Å². The zero-order chi connectivity index (χ0) is 21.2. The number of amidine groups is 1. The monoisotopic (exact) mass is 410 g/mol. The number of nitrogens with two attached hydrogens (primary N) is 1. The first-order valence-electron chi connectivity index (χ1n) is 9.93. The number of carbonyl (C=O) groups is 1. The van der Waals surface area contributed by atoms with Crippen LogP contribution >= 0.6 is 0 Å². The van der Waals surface area contributed by atoms with Gasteiger partial charge in [0.15, 0.2) is 5.84 Å². The van der Waals surface area contributed by atoms with Crippen LogP contribution in [0.2, 0.25) is 0 Å². The molecule has 0 aromatic carbocycles. The smallest absolute Gasteiger partial charge is 0.434 e. The second kappa shape index (κ2) is 8.29. The summed E-state index contributed by atoms with van der Waals surface area (Å²) in [6, 6.07) is 0. The van der Waals surface area contributed by atoms with E-state index in [1.165, 1.54) is 6.34 Å². The molecule has 0 bridgehead atoms. The highest BCUT2D eigenvalue weighted by Crippen LogP contribution is 2.45. The van der Waals surface area contributed by atoms with Crippen molar-refractivity contribution in [2.45, 2.75) is 75.9 Å². The number of hydrazone groups is 1. The molecule has 3 rings (SSSR count). The topological polar surface area (TPSA) is 139 Å². The van der Waals surface area contributed by atoms with Gasteiger partial charge in [-0.25, -0.2) is 9.79 Å². The van der Waals surface area contributed by atoms with Crippen molar-refractivity contribution in [1.29, 1.82) is 0 Å². The van der Waals surface area contributed by atoms with E-state index in [2.05, 4.69) is 17.0 Å². The molecule has 0 radical (unpaired) electrons. The SMILES string of the molecule is CCCCCOC(=O)OC[C@@]1(C)O[C@@H](C2(C)CC=C3C(N)=NC=NN32)[C@H](O)[C@@H]1O. The van der Waals surface area contributed by atoms with E-state index in [0.29, 0.717) is 18.0 Å². The number of aliphatic imine (C=N–C) groups is 1. The Labute approximate surface area is 170 Å². The summed E-state index contributed by atoms with van der Waals surface area (Å²) in [5, 5.41) is 27.3. The molecule has 5 atom stereocenters. The summed E-state index contributed by atoms with van der Waals surface area (Å²) in [7, 11) is 0. The molecular weight excluding hydrogens is 380 g/mol. The standard InChI is InChI=1S/C19H30N4O6/c1-4-5-6-9-27-17(26)28-10-19(3)14(25)13(24)15(29-19)18(2)8-7-12-16(20)21-11-22-23(12)18/h7,11,13-15,24-25H,4-6,8-10H2,1-3H3,(H2,20,21,22)/t13-,14+,15-,18?,19-/m1/s1. The second-order valence-corrected chi connectivity index (χ2v) is 8.09. The van der Waals surface area contributed by atoms with Crippen LogP contribution in [0.25, 0.3) is 0 Å². The lowest BCUT2D eigenvalue weighted by atomic mass is 9.87. The van der Waals surface area contributed by atoms with E-state index >= 15 is 0 Å². The van der Waals surface area contributed by atoms with Gasteiger partial charge < -0.3 is 30.2 Å². The number of hydrogen-bond donors (Lipinski definition) is 3. The lowest BCUT2D eigenvalue weighted by Gasteiger charge is -2.41. The lowest BCUT2D eigenvalue weighted by Crippen LogP contribution is -2.55. The van der Waals surface area contributed by atoms with Crippen molar-refractivity contribution in [3.8, 4) is 0 Å². The molecular formula is C19H30N4O6. The summed E-state index contributed by atoms with van der Waals surface area (Å²) in [5.74, 6) is 0.327. The molecule has 162 valence electrons. The van der Waals surface area contributed by atoms with E-state index < -0.39 is 35.6 Å². The average molecular weight is 410 g/mol. The molecule has 1 fully saturated rings.